The van der Waals surface area contributed by atoms with Crippen LogP contribution in [-0.2, 0) is 16.4 Å². The van der Waals surface area contributed by atoms with Crippen molar-refractivity contribution in [2.45, 2.75) is 17.4 Å². The molecule has 0 atom stereocenters. The van der Waals surface area contributed by atoms with E-state index in [1.807, 2.05) is 6.04 Å². The van der Waals surface area contributed by atoms with Crippen molar-refractivity contribution in [3.63, 3.8) is 0 Å². The van der Waals surface area contributed by atoms with Crippen LogP contribution in [0.4, 0.5) is 8.78 Å². The molecule has 0 bridgehead atoms. The number of hydrogen-bond acceptors (Lipinski definition) is 7. The smallest absolute Gasteiger partial charge is 0.284 e. The monoisotopic (exact) mass is 590 g/mol. The topological polar surface area (TPSA) is 100 Å². The summed E-state index contributed by atoms with van der Waals surface area (Å²) in [4.78, 5) is 16.3. The minimum absolute atomic E-state index is 0.0378. The Balaban J connectivity index is 1.20. The minimum Gasteiger partial charge on any atom is -0.300 e. The number of aromatic nitrogens is 3. The molecule has 2 heterocycles. The number of hydrogen-bond donors (Lipinski definition) is 1. The first-order chi connectivity index (χ1) is 20.2. The van der Waals surface area contributed by atoms with Crippen LogP contribution in [0.1, 0.15) is 33.2 Å². The number of nitrogens with one attached hydrogen (secondary N) is 1. The van der Waals surface area contributed by atoms with E-state index in [1.165, 1.54) is 54.7 Å². The molecule has 216 valence electrons. The number of amides is 1. The zero-order chi connectivity index (χ0) is 29.7. The molecule has 1 fully saturated rings. The molecule has 12 heteroatoms. The Kier molecular flexibility index (Phi) is 8.72. The van der Waals surface area contributed by atoms with E-state index >= 15 is 0 Å². The fraction of sp³-hybridized carbons (Fsp3) is 0.233. The minimum atomic E-state index is -3.99. The van der Waals surface area contributed by atoms with Gasteiger partial charge in [0.1, 0.15) is 11.6 Å². The lowest BCUT2D eigenvalue weighted by Crippen LogP contribution is -2.48. The van der Waals surface area contributed by atoms with Gasteiger partial charge in [-0.15, -0.1) is 9.19 Å². The summed E-state index contributed by atoms with van der Waals surface area (Å²) in [6, 6.07) is 20.0. The summed E-state index contributed by atoms with van der Waals surface area (Å²) in [5.41, 5.74) is 2.62. The summed E-state index contributed by atoms with van der Waals surface area (Å²) in [7, 11) is -3.99. The Labute approximate surface area is 242 Å². The first-order valence-corrected chi connectivity index (χ1v) is 14.7. The van der Waals surface area contributed by atoms with E-state index in [1.54, 1.807) is 24.3 Å². The second-order valence-corrected chi connectivity index (χ2v) is 11.6. The van der Waals surface area contributed by atoms with Crippen molar-refractivity contribution in [1.29, 1.82) is 0 Å². The van der Waals surface area contributed by atoms with Crippen LogP contribution in [-0.4, -0.2) is 71.2 Å². The molecule has 1 aliphatic rings. The van der Waals surface area contributed by atoms with Crippen LogP contribution in [0.15, 0.2) is 83.9 Å². The van der Waals surface area contributed by atoms with Gasteiger partial charge in [-0.3, -0.25) is 15.0 Å². The highest BCUT2D eigenvalue weighted by Gasteiger charge is 2.27. The Morgan fingerprint density at radius 3 is 2.02 bits per heavy atom. The van der Waals surface area contributed by atoms with Crippen LogP contribution < -0.4 is 5.32 Å². The van der Waals surface area contributed by atoms with E-state index < -0.39 is 15.9 Å². The van der Waals surface area contributed by atoms with Gasteiger partial charge in [0.25, 0.3) is 15.9 Å². The number of carbonyl (C=O) groups is 1. The van der Waals surface area contributed by atoms with E-state index in [2.05, 4.69) is 25.4 Å². The van der Waals surface area contributed by atoms with Gasteiger partial charge in [0, 0.05) is 50.8 Å². The van der Waals surface area contributed by atoms with Gasteiger partial charge in [0.05, 0.1) is 22.8 Å². The number of halogens is 2. The number of nitrogens with zero attached hydrogens (tertiary/aromatic N) is 5. The SMILES string of the molecule is C#CNC(=O)c1ccc(S(=O)(=O)n2cc(CCN3CCN(C(c4ccc(F)cc4)c4ccc(F)cc4)CC3)nn2)cc1. The number of piperazine rings is 1. The highest BCUT2D eigenvalue weighted by molar-refractivity contribution is 7.89. The number of terminal acetylenes is 1. The van der Waals surface area contributed by atoms with Crippen molar-refractivity contribution in [3.8, 4) is 12.5 Å². The van der Waals surface area contributed by atoms with Gasteiger partial charge in [-0.2, -0.15) is 8.42 Å². The van der Waals surface area contributed by atoms with E-state index in [0.717, 1.165) is 41.4 Å². The van der Waals surface area contributed by atoms with Crippen molar-refractivity contribution in [2.75, 3.05) is 32.7 Å². The molecule has 5 rings (SSSR count). The summed E-state index contributed by atoms with van der Waals surface area (Å²) in [6.45, 7) is 3.63. The van der Waals surface area contributed by atoms with Gasteiger partial charge in [-0.1, -0.05) is 35.9 Å². The number of carbonyl (C=O) groups excluding carboxylic acids is 1. The van der Waals surface area contributed by atoms with Crippen molar-refractivity contribution in [1.82, 2.24) is 29.5 Å². The zero-order valence-electron chi connectivity index (χ0n) is 22.5. The molecule has 1 saturated heterocycles. The lowest BCUT2D eigenvalue weighted by molar-refractivity contribution is 0.0973. The van der Waals surface area contributed by atoms with E-state index in [4.69, 9.17) is 6.42 Å². The first-order valence-electron chi connectivity index (χ1n) is 13.2. The van der Waals surface area contributed by atoms with Crippen LogP contribution >= 0.6 is 0 Å². The standard InChI is InChI=1S/C30H28F2N6O3S/c1-2-33-30(39)24-7-13-28(14-8-24)42(40,41)38-21-27(34-35-38)15-16-36-17-19-37(20-18-36)29(22-3-9-25(31)10-4-22)23-5-11-26(32)12-6-23/h1,3-14,21,29H,15-20H2,(H,33,39). The Morgan fingerprint density at radius 2 is 1.48 bits per heavy atom. The van der Waals surface area contributed by atoms with Crippen LogP contribution in [0, 0.1) is 24.1 Å². The highest BCUT2D eigenvalue weighted by Crippen LogP contribution is 2.30. The molecule has 42 heavy (non-hydrogen) atoms. The average molecular weight is 591 g/mol. The fourth-order valence-corrected chi connectivity index (χ4v) is 6.05. The third-order valence-corrected chi connectivity index (χ3v) is 8.73. The second kappa shape index (κ2) is 12.6. The van der Waals surface area contributed by atoms with E-state index in [9.17, 15) is 22.0 Å². The maximum Gasteiger partial charge on any atom is 0.284 e. The molecule has 0 spiro atoms. The Morgan fingerprint density at radius 1 is 0.905 bits per heavy atom. The maximum atomic E-state index is 13.6. The molecule has 1 N–H and O–H groups in total. The predicted molar refractivity (Wildman–Crippen MR) is 152 cm³/mol. The summed E-state index contributed by atoms with van der Waals surface area (Å²) in [6.07, 6.45) is 6.96. The molecule has 1 amide bonds. The van der Waals surface area contributed by atoms with Gasteiger partial charge in [0.2, 0.25) is 0 Å². The molecular weight excluding hydrogens is 562 g/mol. The molecule has 0 unspecified atom stereocenters. The molecule has 9 nitrogen and oxygen atoms in total. The van der Waals surface area contributed by atoms with Crippen molar-refractivity contribution >= 4 is 15.9 Å². The largest absolute Gasteiger partial charge is 0.300 e. The molecule has 0 aliphatic carbocycles. The van der Waals surface area contributed by atoms with Crippen LogP contribution in [0.25, 0.3) is 0 Å². The fourth-order valence-electron chi connectivity index (χ4n) is 4.96. The summed E-state index contributed by atoms with van der Waals surface area (Å²) < 4.78 is 54.0. The molecular formula is C30H28F2N6O3S. The third-order valence-electron chi connectivity index (χ3n) is 7.19. The quantitative estimate of drug-likeness (QED) is 0.236. The first kappa shape index (κ1) is 29.1. The van der Waals surface area contributed by atoms with Crippen LogP contribution in [0.5, 0.6) is 0 Å². The highest BCUT2D eigenvalue weighted by atomic mass is 32.2. The van der Waals surface area contributed by atoms with E-state index in [-0.39, 0.29) is 28.1 Å². The molecule has 0 saturated carbocycles. The normalized spacial score (nSPS) is 14.5. The number of rotatable bonds is 9. The Hall–Kier alpha value is -4.44. The zero-order valence-corrected chi connectivity index (χ0v) is 23.3. The second-order valence-electron chi connectivity index (χ2n) is 9.84. The summed E-state index contributed by atoms with van der Waals surface area (Å²) >= 11 is 0. The van der Waals surface area contributed by atoms with Crippen LogP contribution in [0.3, 0.4) is 0 Å². The van der Waals surface area contributed by atoms with Gasteiger partial charge >= 0.3 is 0 Å². The van der Waals surface area contributed by atoms with Gasteiger partial charge in [0.15, 0.2) is 0 Å². The summed E-state index contributed by atoms with van der Waals surface area (Å²) in [5.74, 6) is -1.13. The predicted octanol–water partition coefficient (Wildman–Crippen LogP) is 3.06. The number of benzene rings is 3. The van der Waals surface area contributed by atoms with Crippen molar-refractivity contribution in [2.24, 2.45) is 0 Å². The van der Waals surface area contributed by atoms with Crippen molar-refractivity contribution in [3.05, 3.63) is 113 Å². The molecule has 3 aromatic carbocycles. The molecule has 1 aliphatic heterocycles. The van der Waals surface area contributed by atoms with Crippen molar-refractivity contribution < 1.29 is 22.0 Å². The Bertz CT molecular complexity index is 1630. The maximum absolute atomic E-state index is 13.6. The lowest BCUT2D eigenvalue weighted by atomic mass is 9.96. The molecule has 4 aromatic rings. The van der Waals surface area contributed by atoms with E-state index in [0.29, 0.717) is 18.7 Å². The molecule has 1 aromatic heterocycles. The molecule has 0 radical (unpaired) electrons. The van der Waals surface area contributed by atoms with Crippen LogP contribution in [0.2, 0.25) is 0 Å². The van der Waals surface area contributed by atoms with Gasteiger partial charge in [-0.25, -0.2) is 8.78 Å². The summed E-state index contributed by atoms with van der Waals surface area (Å²) in [5, 5.41) is 10.1. The lowest BCUT2D eigenvalue weighted by Gasteiger charge is -2.39. The third kappa shape index (κ3) is 6.54. The van der Waals surface area contributed by atoms with Gasteiger partial charge < -0.3 is 4.90 Å². The van der Waals surface area contributed by atoms with Gasteiger partial charge in [-0.05, 0) is 59.7 Å². The average Bonchev–Trinajstić information content (AvgIpc) is 3.49.